The van der Waals surface area contributed by atoms with Crippen LogP contribution >= 0.6 is 0 Å². The molecule has 50 heavy (non-hydrogen) atoms. The monoisotopic (exact) mass is 673 g/mol. The van der Waals surface area contributed by atoms with Gasteiger partial charge in [-0.3, -0.25) is 0 Å². The van der Waals surface area contributed by atoms with Crippen LogP contribution in [0.5, 0.6) is 0 Å². The van der Waals surface area contributed by atoms with E-state index in [-0.39, 0.29) is 0 Å². The fourth-order valence-corrected chi connectivity index (χ4v) is 7.61. The van der Waals surface area contributed by atoms with Crippen molar-refractivity contribution >= 4 is 11.4 Å². The Bertz CT molecular complexity index is 1310. The zero-order chi connectivity index (χ0) is 35.2. The van der Waals surface area contributed by atoms with Crippen molar-refractivity contribution in [2.45, 2.75) is 154 Å². The number of nitrogen functional groups attached to an aromatic ring is 2. The quantitative estimate of drug-likeness (QED) is 0.0544. The normalized spacial score (nSPS) is 12.6. The molecule has 0 fully saturated rings. The molecule has 0 saturated carbocycles. The largest absolute Gasteiger partial charge is 0.399 e. The van der Waals surface area contributed by atoms with Gasteiger partial charge >= 0.3 is 0 Å². The van der Waals surface area contributed by atoms with Gasteiger partial charge in [0.15, 0.2) is 0 Å². The van der Waals surface area contributed by atoms with Crippen molar-refractivity contribution in [1.82, 2.24) is 0 Å². The highest BCUT2D eigenvalue weighted by Crippen LogP contribution is 2.32. The second-order valence-corrected chi connectivity index (χ2v) is 14.9. The van der Waals surface area contributed by atoms with E-state index in [9.17, 15) is 0 Å². The summed E-state index contributed by atoms with van der Waals surface area (Å²) in [5.74, 6) is 0.927. The van der Waals surface area contributed by atoms with E-state index in [0.29, 0.717) is 11.8 Å². The Balaban J connectivity index is 1.10. The lowest BCUT2D eigenvalue weighted by atomic mass is 9.86. The van der Waals surface area contributed by atoms with Gasteiger partial charge in [0, 0.05) is 23.2 Å². The molecule has 0 aromatic heterocycles. The average molecular weight is 673 g/mol. The van der Waals surface area contributed by atoms with Crippen molar-refractivity contribution in [3.63, 3.8) is 0 Å². The molecule has 2 unspecified atom stereocenters. The zero-order valence-corrected chi connectivity index (χ0v) is 31.7. The van der Waals surface area contributed by atoms with Crippen LogP contribution in [-0.2, 0) is 12.8 Å². The van der Waals surface area contributed by atoms with Crippen LogP contribution in [0.4, 0.5) is 11.4 Å². The van der Waals surface area contributed by atoms with Gasteiger partial charge < -0.3 is 11.5 Å². The summed E-state index contributed by atoms with van der Waals surface area (Å²) in [6, 6.07) is 36.2. The number of anilines is 2. The van der Waals surface area contributed by atoms with Crippen LogP contribution in [0.1, 0.15) is 175 Å². The molecule has 0 saturated heterocycles. The highest BCUT2D eigenvalue weighted by atomic mass is 14.5. The molecule has 4 aromatic rings. The molecule has 0 aliphatic rings. The highest BCUT2D eigenvalue weighted by molar-refractivity contribution is 5.44. The third-order valence-corrected chi connectivity index (χ3v) is 10.8. The zero-order valence-electron chi connectivity index (χ0n) is 31.7. The van der Waals surface area contributed by atoms with Crippen LogP contribution in [0.15, 0.2) is 97.1 Å². The Morgan fingerprint density at radius 3 is 0.940 bits per heavy atom. The molecule has 0 spiro atoms. The van der Waals surface area contributed by atoms with Crippen LogP contribution in [0, 0.1) is 0 Å². The first kappa shape index (κ1) is 39.3. The summed E-state index contributed by atoms with van der Waals surface area (Å²) in [4.78, 5) is 0. The minimum atomic E-state index is 0.464. The molecule has 4 rings (SSSR count). The maximum Gasteiger partial charge on any atom is 0.0314 e. The summed E-state index contributed by atoms with van der Waals surface area (Å²) in [6.07, 6.45) is 26.0. The number of hydrogen-bond acceptors (Lipinski definition) is 2. The lowest BCUT2D eigenvalue weighted by Gasteiger charge is -2.19. The second-order valence-electron chi connectivity index (χ2n) is 14.9. The molecule has 2 nitrogen and oxygen atoms in total. The lowest BCUT2D eigenvalue weighted by molar-refractivity contribution is 0.567. The standard InChI is InChI=1S/C48H68N2/c1-3-5-7-17-21-47(43-31-35-45(49)36-32-43)41-27-23-39(24-28-41)19-15-13-11-9-10-12-14-16-20-40-25-29-42(30-26-40)48(22-18-8-6-4-2)44-33-37-46(50)38-34-44/h23-38,47-48H,3-22,49-50H2,1-2H3. The first-order chi connectivity index (χ1) is 24.6. The van der Waals surface area contributed by atoms with E-state index in [1.165, 1.54) is 162 Å². The van der Waals surface area contributed by atoms with Gasteiger partial charge in [-0.05, 0) is 96.2 Å². The Morgan fingerprint density at radius 1 is 0.340 bits per heavy atom. The molecule has 2 heteroatoms. The first-order valence-corrected chi connectivity index (χ1v) is 20.5. The second kappa shape index (κ2) is 23.0. The third-order valence-electron chi connectivity index (χ3n) is 10.8. The molecule has 4 aromatic carbocycles. The Labute approximate surface area is 306 Å². The van der Waals surface area contributed by atoms with Crippen LogP contribution in [0.3, 0.4) is 0 Å². The number of rotatable bonds is 25. The van der Waals surface area contributed by atoms with E-state index >= 15 is 0 Å². The Kier molecular flexibility index (Phi) is 18.1. The summed E-state index contributed by atoms with van der Waals surface area (Å²) in [7, 11) is 0. The number of hydrogen-bond donors (Lipinski definition) is 2. The lowest BCUT2D eigenvalue weighted by Crippen LogP contribution is -2.02. The van der Waals surface area contributed by atoms with Gasteiger partial charge in [-0.2, -0.15) is 0 Å². The fourth-order valence-electron chi connectivity index (χ4n) is 7.61. The topological polar surface area (TPSA) is 52.0 Å². The Hall–Kier alpha value is -3.52. The minimum absolute atomic E-state index is 0.464. The van der Waals surface area contributed by atoms with Crippen LogP contribution in [-0.4, -0.2) is 0 Å². The minimum Gasteiger partial charge on any atom is -0.399 e. The molecule has 4 N–H and O–H groups in total. The first-order valence-electron chi connectivity index (χ1n) is 20.5. The summed E-state index contributed by atoms with van der Waals surface area (Å²) in [5, 5.41) is 0. The summed E-state index contributed by atoms with van der Waals surface area (Å²) in [6.45, 7) is 4.57. The van der Waals surface area contributed by atoms with Gasteiger partial charge in [-0.15, -0.1) is 0 Å². The van der Waals surface area contributed by atoms with Gasteiger partial charge in [-0.25, -0.2) is 0 Å². The molecule has 270 valence electrons. The van der Waals surface area contributed by atoms with E-state index in [4.69, 9.17) is 11.5 Å². The van der Waals surface area contributed by atoms with Crippen molar-refractivity contribution in [2.75, 3.05) is 11.5 Å². The summed E-state index contributed by atoms with van der Waals surface area (Å²) >= 11 is 0. The van der Waals surface area contributed by atoms with E-state index in [2.05, 4.69) is 111 Å². The van der Waals surface area contributed by atoms with Crippen molar-refractivity contribution in [1.29, 1.82) is 0 Å². The predicted octanol–water partition coefficient (Wildman–Crippen LogP) is 14.0. The average Bonchev–Trinajstić information content (AvgIpc) is 3.14. The van der Waals surface area contributed by atoms with Crippen molar-refractivity contribution in [3.8, 4) is 0 Å². The number of aryl methyl sites for hydroxylation is 2. The molecular weight excluding hydrogens is 605 g/mol. The SMILES string of the molecule is CCCCCCC(c1ccc(N)cc1)c1ccc(CCCCCCCCCCc2ccc(C(CCCCCC)c3ccc(N)cc3)cc2)cc1. The van der Waals surface area contributed by atoms with Crippen molar-refractivity contribution < 1.29 is 0 Å². The fraction of sp³-hybridized carbons (Fsp3) is 0.500. The van der Waals surface area contributed by atoms with Gasteiger partial charge in [-0.1, -0.05) is 177 Å². The molecule has 2 atom stereocenters. The maximum atomic E-state index is 5.99. The molecule has 0 amide bonds. The highest BCUT2D eigenvalue weighted by Gasteiger charge is 2.15. The van der Waals surface area contributed by atoms with E-state index in [1.807, 2.05) is 0 Å². The molecular formula is C48H68N2. The van der Waals surface area contributed by atoms with Crippen molar-refractivity contribution in [2.24, 2.45) is 0 Å². The molecule has 0 radical (unpaired) electrons. The molecule has 0 aliphatic heterocycles. The van der Waals surface area contributed by atoms with Crippen LogP contribution < -0.4 is 11.5 Å². The van der Waals surface area contributed by atoms with Gasteiger partial charge in [0.1, 0.15) is 0 Å². The van der Waals surface area contributed by atoms with E-state index in [0.717, 1.165) is 11.4 Å². The number of nitrogens with two attached hydrogens (primary N) is 2. The van der Waals surface area contributed by atoms with Gasteiger partial charge in [0.25, 0.3) is 0 Å². The Morgan fingerprint density at radius 2 is 0.620 bits per heavy atom. The number of benzene rings is 4. The smallest absolute Gasteiger partial charge is 0.0314 e. The van der Waals surface area contributed by atoms with Gasteiger partial charge in [0.2, 0.25) is 0 Å². The van der Waals surface area contributed by atoms with Crippen LogP contribution in [0.25, 0.3) is 0 Å². The van der Waals surface area contributed by atoms with Crippen molar-refractivity contribution in [3.05, 3.63) is 130 Å². The maximum absolute atomic E-state index is 5.99. The summed E-state index contributed by atoms with van der Waals surface area (Å²) in [5.41, 5.74) is 22.3. The van der Waals surface area contributed by atoms with E-state index < -0.39 is 0 Å². The summed E-state index contributed by atoms with van der Waals surface area (Å²) < 4.78 is 0. The molecule has 0 heterocycles. The number of unbranched alkanes of at least 4 members (excludes halogenated alkanes) is 13. The van der Waals surface area contributed by atoms with E-state index in [1.54, 1.807) is 0 Å². The van der Waals surface area contributed by atoms with Gasteiger partial charge in [0.05, 0.1) is 0 Å². The third kappa shape index (κ3) is 14.0. The van der Waals surface area contributed by atoms with Crippen LogP contribution in [0.2, 0.25) is 0 Å². The molecule has 0 bridgehead atoms. The molecule has 0 aliphatic carbocycles. The predicted molar refractivity (Wildman–Crippen MR) is 220 cm³/mol.